The van der Waals surface area contributed by atoms with Crippen LogP contribution in [-0.4, -0.2) is 19.0 Å². The lowest BCUT2D eigenvalue weighted by atomic mass is 9.71. The lowest BCUT2D eigenvalue weighted by molar-refractivity contribution is -0.126. The maximum atomic E-state index is 11.9. The van der Waals surface area contributed by atoms with Gasteiger partial charge < -0.3 is 4.74 Å². The summed E-state index contributed by atoms with van der Waals surface area (Å²) < 4.78 is 5.34. The van der Waals surface area contributed by atoms with Crippen LogP contribution in [0.15, 0.2) is 24.3 Å². The van der Waals surface area contributed by atoms with E-state index < -0.39 is 0 Å². The van der Waals surface area contributed by atoms with Crippen molar-refractivity contribution >= 4 is 17.4 Å². The summed E-state index contributed by atoms with van der Waals surface area (Å²) >= 11 is 5.99. The van der Waals surface area contributed by atoms with Crippen molar-refractivity contribution in [1.29, 1.82) is 0 Å². The fourth-order valence-electron chi connectivity index (χ4n) is 2.35. The van der Waals surface area contributed by atoms with Gasteiger partial charge in [-0.3, -0.25) is 4.79 Å². The van der Waals surface area contributed by atoms with E-state index in [1.807, 2.05) is 24.3 Å². The average Bonchev–Trinajstić information content (AvgIpc) is 2.30. The number of Topliss-reactive ketones (excluding diaryl/α,β-unsaturated/α-hetero) is 1. The highest BCUT2D eigenvalue weighted by Gasteiger charge is 2.38. The summed E-state index contributed by atoms with van der Waals surface area (Å²) in [6.45, 7) is 2.95. The SMILES string of the molecule is CC(=O)C1(c2cccc(Cl)c2)CCOCC1. The molecule has 1 aromatic carbocycles. The Balaban J connectivity index is 2.42. The first-order chi connectivity index (χ1) is 7.65. The molecule has 0 aromatic heterocycles. The molecular formula is C13H15ClO2. The molecule has 1 aliphatic heterocycles. The second-order valence-electron chi connectivity index (χ2n) is 4.26. The monoisotopic (exact) mass is 238 g/mol. The van der Waals surface area contributed by atoms with Crippen molar-refractivity contribution in [3.8, 4) is 0 Å². The molecule has 0 radical (unpaired) electrons. The fourth-order valence-corrected chi connectivity index (χ4v) is 2.54. The zero-order chi connectivity index (χ0) is 11.6. The van der Waals surface area contributed by atoms with Crippen LogP contribution in [-0.2, 0) is 14.9 Å². The zero-order valence-electron chi connectivity index (χ0n) is 9.33. The summed E-state index contributed by atoms with van der Waals surface area (Å²) in [5, 5.41) is 0.685. The van der Waals surface area contributed by atoms with Crippen LogP contribution >= 0.6 is 11.6 Å². The van der Waals surface area contributed by atoms with Crippen molar-refractivity contribution in [3.63, 3.8) is 0 Å². The molecule has 3 heteroatoms. The standard InChI is InChI=1S/C13H15ClO2/c1-10(15)13(5-7-16-8-6-13)11-3-2-4-12(14)9-11/h2-4,9H,5-8H2,1H3. The van der Waals surface area contributed by atoms with E-state index in [0.29, 0.717) is 18.2 Å². The van der Waals surface area contributed by atoms with Gasteiger partial charge in [0.05, 0.1) is 5.41 Å². The first kappa shape index (κ1) is 11.6. The molecule has 0 amide bonds. The Bertz CT molecular complexity index is 395. The summed E-state index contributed by atoms with van der Waals surface area (Å²) in [6.07, 6.45) is 1.51. The molecule has 1 heterocycles. The van der Waals surface area contributed by atoms with Gasteiger partial charge in [0.1, 0.15) is 5.78 Å². The molecular weight excluding hydrogens is 224 g/mol. The van der Waals surface area contributed by atoms with Crippen LogP contribution in [0.3, 0.4) is 0 Å². The molecule has 0 spiro atoms. The van der Waals surface area contributed by atoms with Gasteiger partial charge in [-0.2, -0.15) is 0 Å². The largest absolute Gasteiger partial charge is 0.381 e. The van der Waals surface area contributed by atoms with E-state index in [2.05, 4.69) is 0 Å². The van der Waals surface area contributed by atoms with Crippen LogP contribution < -0.4 is 0 Å². The van der Waals surface area contributed by atoms with Gasteiger partial charge in [-0.05, 0) is 37.5 Å². The number of carbonyl (C=O) groups excluding carboxylic acids is 1. The van der Waals surface area contributed by atoms with Crippen molar-refractivity contribution < 1.29 is 9.53 Å². The molecule has 1 aliphatic rings. The van der Waals surface area contributed by atoms with Gasteiger partial charge in [0.25, 0.3) is 0 Å². The number of rotatable bonds is 2. The Morgan fingerprint density at radius 2 is 2.06 bits per heavy atom. The molecule has 0 unspecified atom stereocenters. The van der Waals surface area contributed by atoms with E-state index in [0.717, 1.165) is 18.4 Å². The van der Waals surface area contributed by atoms with E-state index in [4.69, 9.17) is 16.3 Å². The highest BCUT2D eigenvalue weighted by Crippen LogP contribution is 2.36. The van der Waals surface area contributed by atoms with Crippen LogP contribution in [0.5, 0.6) is 0 Å². The molecule has 2 rings (SSSR count). The molecule has 2 nitrogen and oxygen atoms in total. The second kappa shape index (κ2) is 4.56. The quantitative estimate of drug-likeness (QED) is 0.792. The molecule has 0 bridgehead atoms. The zero-order valence-corrected chi connectivity index (χ0v) is 10.1. The maximum Gasteiger partial charge on any atom is 0.140 e. The Morgan fingerprint density at radius 3 is 2.62 bits per heavy atom. The Labute approximate surface area is 101 Å². The molecule has 1 aromatic rings. The summed E-state index contributed by atoms with van der Waals surface area (Å²) in [6, 6.07) is 7.61. The van der Waals surface area contributed by atoms with Gasteiger partial charge in [0.15, 0.2) is 0 Å². The van der Waals surface area contributed by atoms with Gasteiger partial charge in [-0.1, -0.05) is 23.7 Å². The van der Waals surface area contributed by atoms with Crippen LogP contribution in [0.4, 0.5) is 0 Å². The molecule has 0 aliphatic carbocycles. The lowest BCUT2D eigenvalue weighted by Crippen LogP contribution is -2.40. The molecule has 0 atom stereocenters. The summed E-state index contributed by atoms with van der Waals surface area (Å²) in [5.74, 6) is 0.207. The van der Waals surface area contributed by atoms with E-state index >= 15 is 0 Å². The maximum absolute atomic E-state index is 11.9. The minimum absolute atomic E-state index is 0.207. The first-order valence-corrected chi connectivity index (χ1v) is 5.88. The highest BCUT2D eigenvalue weighted by molar-refractivity contribution is 6.30. The Hall–Kier alpha value is -0.860. The minimum Gasteiger partial charge on any atom is -0.381 e. The van der Waals surface area contributed by atoms with Gasteiger partial charge in [0, 0.05) is 18.2 Å². The average molecular weight is 239 g/mol. The fraction of sp³-hybridized carbons (Fsp3) is 0.462. The predicted octanol–water partition coefficient (Wildman–Crippen LogP) is 2.98. The van der Waals surface area contributed by atoms with E-state index in [1.54, 1.807) is 6.92 Å². The second-order valence-corrected chi connectivity index (χ2v) is 4.70. The van der Waals surface area contributed by atoms with Gasteiger partial charge in [-0.15, -0.1) is 0 Å². The Morgan fingerprint density at radius 1 is 1.38 bits per heavy atom. The third-order valence-electron chi connectivity index (χ3n) is 3.40. The summed E-state index contributed by atoms with van der Waals surface area (Å²) in [5.41, 5.74) is 0.638. The predicted molar refractivity (Wildman–Crippen MR) is 63.9 cm³/mol. The van der Waals surface area contributed by atoms with Gasteiger partial charge in [-0.25, -0.2) is 0 Å². The molecule has 1 saturated heterocycles. The van der Waals surface area contributed by atoms with Gasteiger partial charge >= 0.3 is 0 Å². The number of ether oxygens (including phenoxy) is 1. The van der Waals surface area contributed by atoms with Crippen molar-refractivity contribution in [1.82, 2.24) is 0 Å². The van der Waals surface area contributed by atoms with Crippen LogP contribution in [0.2, 0.25) is 5.02 Å². The number of ketones is 1. The van der Waals surface area contributed by atoms with E-state index in [-0.39, 0.29) is 11.2 Å². The van der Waals surface area contributed by atoms with E-state index in [1.165, 1.54) is 0 Å². The van der Waals surface area contributed by atoms with Crippen molar-refractivity contribution in [3.05, 3.63) is 34.9 Å². The topological polar surface area (TPSA) is 26.3 Å². The number of carbonyl (C=O) groups is 1. The normalized spacial score (nSPS) is 19.4. The van der Waals surface area contributed by atoms with Crippen LogP contribution in [0, 0.1) is 0 Å². The molecule has 0 N–H and O–H groups in total. The van der Waals surface area contributed by atoms with E-state index in [9.17, 15) is 4.79 Å². The highest BCUT2D eigenvalue weighted by atomic mass is 35.5. The molecule has 16 heavy (non-hydrogen) atoms. The summed E-state index contributed by atoms with van der Waals surface area (Å²) in [4.78, 5) is 11.9. The van der Waals surface area contributed by atoms with Crippen LogP contribution in [0.1, 0.15) is 25.3 Å². The molecule has 0 saturated carbocycles. The minimum atomic E-state index is -0.386. The van der Waals surface area contributed by atoms with Crippen molar-refractivity contribution in [2.45, 2.75) is 25.2 Å². The first-order valence-electron chi connectivity index (χ1n) is 5.50. The molecule has 86 valence electrons. The number of hydrogen-bond donors (Lipinski definition) is 0. The van der Waals surface area contributed by atoms with Crippen molar-refractivity contribution in [2.24, 2.45) is 0 Å². The van der Waals surface area contributed by atoms with Crippen molar-refractivity contribution in [2.75, 3.05) is 13.2 Å². The third kappa shape index (κ3) is 2.00. The molecule has 1 fully saturated rings. The number of halogens is 1. The van der Waals surface area contributed by atoms with Crippen LogP contribution in [0.25, 0.3) is 0 Å². The Kier molecular flexibility index (Phi) is 3.31. The summed E-state index contributed by atoms with van der Waals surface area (Å²) in [7, 11) is 0. The number of hydrogen-bond acceptors (Lipinski definition) is 2. The number of benzene rings is 1. The van der Waals surface area contributed by atoms with Gasteiger partial charge in [0.2, 0.25) is 0 Å². The lowest BCUT2D eigenvalue weighted by Gasteiger charge is -2.35. The third-order valence-corrected chi connectivity index (χ3v) is 3.63. The smallest absolute Gasteiger partial charge is 0.140 e.